The summed E-state index contributed by atoms with van der Waals surface area (Å²) in [5, 5.41) is 9.91. The van der Waals surface area contributed by atoms with Crippen molar-refractivity contribution in [1.29, 1.82) is 0 Å². The number of H-pyrrole nitrogens is 1. The minimum Gasteiger partial charge on any atom is -0.380 e. The third-order valence-electron chi connectivity index (χ3n) is 3.16. The molecule has 1 aliphatic heterocycles. The predicted molar refractivity (Wildman–Crippen MR) is 74.8 cm³/mol. The van der Waals surface area contributed by atoms with Crippen LogP contribution in [-0.4, -0.2) is 55.3 Å². The van der Waals surface area contributed by atoms with E-state index < -0.39 is 10.0 Å². The lowest BCUT2D eigenvalue weighted by molar-refractivity contribution is 0.148. The first-order valence-electron chi connectivity index (χ1n) is 6.85. The zero-order chi connectivity index (χ0) is 14.6. The number of sulfonamides is 1. The molecule has 0 saturated carbocycles. The molecule has 1 fully saturated rings. The van der Waals surface area contributed by atoms with E-state index in [1.165, 1.54) is 4.31 Å². The minimum atomic E-state index is -3.53. The molecule has 2 rings (SSSR count). The molecule has 0 unspecified atom stereocenters. The maximum atomic E-state index is 12.6. The Morgan fingerprint density at radius 2 is 2.25 bits per heavy atom. The molecule has 7 nitrogen and oxygen atoms in total. The second kappa shape index (κ2) is 6.66. The van der Waals surface area contributed by atoms with Gasteiger partial charge in [-0.05, 0) is 6.42 Å². The number of hydrogen-bond acceptors (Lipinski definition) is 5. The van der Waals surface area contributed by atoms with Crippen molar-refractivity contribution in [3.63, 3.8) is 0 Å². The number of aromatic amines is 1. The van der Waals surface area contributed by atoms with Gasteiger partial charge in [-0.3, -0.25) is 5.10 Å². The molecule has 0 atom stereocenters. The summed E-state index contributed by atoms with van der Waals surface area (Å²) in [5.41, 5.74) is 0.670. The van der Waals surface area contributed by atoms with Gasteiger partial charge in [0.05, 0.1) is 12.8 Å². The van der Waals surface area contributed by atoms with Gasteiger partial charge in [-0.25, -0.2) is 8.42 Å². The van der Waals surface area contributed by atoms with E-state index in [1.807, 2.05) is 13.8 Å². The molecule has 0 aromatic carbocycles. The van der Waals surface area contributed by atoms with Crippen LogP contribution in [-0.2, 0) is 21.3 Å². The highest BCUT2D eigenvalue weighted by molar-refractivity contribution is 7.89. The van der Waals surface area contributed by atoms with Crippen LogP contribution in [0, 0.1) is 0 Å². The standard InChI is InChI=1S/C12H22N4O3S/c1-10(2)13-8-11-9-14-15-12(11)20(17,18)16-4-3-6-19-7-5-16/h9-10,13H,3-8H2,1-2H3,(H,14,15). The molecule has 2 heterocycles. The van der Waals surface area contributed by atoms with Gasteiger partial charge >= 0.3 is 0 Å². The molecule has 1 saturated heterocycles. The first-order chi connectivity index (χ1) is 9.51. The molecule has 0 spiro atoms. The highest BCUT2D eigenvalue weighted by Gasteiger charge is 2.29. The summed E-state index contributed by atoms with van der Waals surface area (Å²) in [6.07, 6.45) is 2.28. The second-order valence-electron chi connectivity index (χ2n) is 5.13. The zero-order valence-corrected chi connectivity index (χ0v) is 12.7. The molecule has 20 heavy (non-hydrogen) atoms. The Morgan fingerprint density at radius 3 is 3.00 bits per heavy atom. The highest BCUT2D eigenvalue weighted by atomic mass is 32.2. The summed E-state index contributed by atoms with van der Waals surface area (Å²) in [7, 11) is -3.53. The Labute approximate surface area is 119 Å². The number of hydrogen-bond donors (Lipinski definition) is 2. The van der Waals surface area contributed by atoms with Crippen LogP contribution in [0.2, 0.25) is 0 Å². The summed E-state index contributed by atoms with van der Waals surface area (Å²) < 4.78 is 32.0. The van der Waals surface area contributed by atoms with E-state index in [0.29, 0.717) is 44.8 Å². The van der Waals surface area contributed by atoms with E-state index in [4.69, 9.17) is 4.74 Å². The molecular formula is C12H22N4O3S. The fourth-order valence-corrected chi connectivity index (χ4v) is 3.62. The average Bonchev–Trinajstić information content (AvgIpc) is 2.69. The summed E-state index contributed by atoms with van der Waals surface area (Å²) >= 11 is 0. The van der Waals surface area contributed by atoms with Crippen LogP contribution in [0.1, 0.15) is 25.8 Å². The maximum Gasteiger partial charge on any atom is 0.260 e. The predicted octanol–water partition coefficient (Wildman–Crippen LogP) is 0.319. The molecule has 114 valence electrons. The van der Waals surface area contributed by atoms with Gasteiger partial charge in [-0.1, -0.05) is 13.8 Å². The second-order valence-corrected chi connectivity index (χ2v) is 7.00. The van der Waals surface area contributed by atoms with Crippen molar-refractivity contribution >= 4 is 10.0 Å². The summed E-state index contributed by atoms with van der Waals surface area (Å²) in [4.78, 5) is 0. The van der Waals surface area contributed by atoms with Gasteiger partial charge in [0.25, 0.3) is 10.0 Å². The fraction of sp³-hybridized carbons (Fsp3) is 0.750. The Kier molecular flexibility index (Phi) is 5.14. The SMILES string of the molecule is CC(C)NCc1cn[nH]c1S(=O)(=O)N1CCCOCC1. The van der Waals surface area contributed by atoms with Gasteiger partial charge < -0.3 is 10.1 Å². The molecule has 0 bridgehead atoms. The van der Waals surface area contributed by atoms with Crippen LogP contribution in [0.5, 0.6) is 0 Å². The summed E-state index contributed by atoms with van der Waals surface area (Å²) in [6, 6.07) is 0.284. The number of aromatic nitrogens is 2. The smallest absolute Gasteiger partial charge is 0.260 e. The van der Waals surface area contributed by atoms with Gasteiger partial charge in [0, 0.05) is 37.8 Å². The van der Waals surface area contributed by atoms with E-state index in [2.05, 4.69) is 15.5 Å². The molecular weight excluding hydrogens is 280 g/mol. The topological polar surface area (TPSA) is 87.3 Å². The van der Waals surface area contributed by atoms with Crippen LogP contribution in [0.15, 0.2) is 11.2 Å². The Morgan fingerprint density at radius 1 is 1.45 bits per heavy atom. The van der Waals surface area contributed by atoms with E-state index in [-0.39, 0.29) is 11.1 Å². The van der Waals surface area contributed by atoms with Gasteiger partial charge in [0.15, 0.2) is 5.03 Å². The fourth-order valence-electron chi connectivity index (χ4n) is 2.06. The molecule has 8 heteroatoms. The maximum absolute atomic E-state index is 12.6. The average molecular weight is 302 g/mol. The monoisotopic (exact) mass is 302 g/mol. The van der Waals surface area contributed by atoms with Crippen LogP contribution in [0.4, 0.5) is 0 Å². The van der Waals surface area contributed by atoms with Gasteiger partial charge in [-0.15, -0.1) is 0 Å². The van der Waals surface area contributed by atoms with Gasteiger partial charge in [-0.2, -0.15) is 9.40 Å². The molecule has 1 aliphatic rings. The van der Waals surface area contributed by atoms with E-state index >= 15 is 0 Å². The Balaban J connectivity index is 2.18. The van der Waals surface area contributed by atoms with Gasteiger partial charge in [0.1, 0.15) is 0 Å². The van der Waals surface area contributed by atoms with E-state index in [9.17, 15) is 8.42 Å². The number of rotatable bonds is 5. The molecule has 1 aromatic heterocycles. The van der Waals surface area contributed by atoms with E-state index in [1.54, 1.807) is 6.20 Å². The lowest BCUT2D eigenvalue weighted by atomic mass is 10.3. The first-order valence-corrected chi connectivity index (χ1v) is 8.29. The Bertz CT molecular complexity index is 519. The van der Waals surface area contributed by atoms with Crippen molar-refractivity contribution in [2.45, 2.75) is 37.9 Å². The third-order valence-corrected chi connectivity index (χ3v) is 5.07. The quantitative estimate of drug-likeness (QED) is 0.818. The number of nitrogens with one attached hydrogen (secondary N) is 2. The lowest BCUT2D eigenvalue weighted by Crippen LogP contribution is -2.34. The molecule has 1 aromatic rings. The van der Waals surface area contributed by atoms with Crippen molar-refractivity contribution in [2.75, 3.05) is 26.3 Å². The lowest BCUT2D eigenvalue weighted by Gasteiger charge is -2.19. The normalized spacial score (nSPS) is 18.4. The van der Waals surface area contributed by atoms with Crippen molar-refractivity contribution in [3.8, 4) is 0 Å². The van der Waals surface area contributed by atoms with Crippen LogP contribution in [0.3, 0.4) is 0 Å². The summed E-state index contributed by atoms with van der Waals surface area (Å²) in [5.74, 6) is 0. The van der Waals surface area contributed by atoms with Crippen molar-refractivity contribution in [1.82, 2.24) is 19.8 Å². The van der Waals surface area contributed by atoms with Crippen LogP contribution < -0.4 is 5.32 Å². The van der Waals surface area contributed by atoms with Crippen LogP contribution in [0.25, 0.3) is 0 Å². The molecule has 0 aliphatic carbocycles. The molecule has 0 amide bonds. The number of nitrogens with zero attached hydrogens (tertiary/aromatic N) is 2. The van der Waals surface area contributed by atoms with Crippen molar-refractivity contribution in [2.24, 2.45) is 0 Å². The molecule has 2 N–H and O–H groups in total. The summed E-state index contributed by atoms with van der Waals surface area (Å²) in [6.45, 7) is 6.42. The number of ether oxygens (including phenoxy) is 1. The largest absolute Gasteiger partial charge is 0.380 e. The van der Waals surface area contributed by atoms with E-state index in [0.717, 1.165) is 0 Å². The third kappa shape index (κ3) is 3.57. The zero-order valence-electron chi connectivity index (χ0n) is 11.9. The van der Waals surface area contributed by atoms with Crippen LogP contribution >= 0.6 is 0 Å². The Hall–Kier alpha value is -0.960. The van der Waals surface area contributed by atoms with Crippen molar-refractivity contribution in [3.05, 3.63) is 11.8 Å². The molecule has 0 radical (unpaired) electrons. The van der Waals surface area contributed by atoms with Gasteiger partial charge in [0.2, 0.25) is 0 Å². The highest BCUT2D eigenvalue weighted by Crippen LogP contribution is 2.18. The first kappa shape index (κ1) is 15.4. The minimum absolute atomic E-state index is 0.188. The van der Waals surface area contributed by atoms with Crippen molar-refractivity contribution < 1.29 is 13.2 Å².